The average molecular weight is 1590 g/mol. The zero-order valence-corrected chi connectivity index (χ0v) is 73.5. The van der Waals surface area contributed by atoms with Gasteiger partial charge in [0, 0.05) is 25.7 Å². The molecule has 0 fully saturated rings. The lowest BCUT2D eigenvalue weighted by atomic mass is 9.99. The maximum absolute atomic E-state index is 13.2. The van der Waals surface area contributed by atoms with Gasteiger partial charge in [-0.1, -0.05) is 439 Å². The van der Waals surface area contributed by atoms with E-state index in [1.807, 2.05) is 0 Å². The van der Waals surface area contributed by atoms with Gasteiger partial charge >= 0.3 is 39.5 Å². The van der Waals surface area contributed by atoms with Crippen molar-refractivity contribution >= 4 is 39.5 Å². The number of phosphoric ester groups is 2. The lowest BCUT2D eigenvalue weighted by Crippen LogP contribution is -2.30. The zero-order chi connectivity index (χ0) is 79.7. The lowest BCUT2D eigenvalue weighted by molar-refractivity contribution is -0.161. The summed E-state index contributed by atoms with van der Waals surface area (Å²) < 4.78 is 69.1. The molecule has 3 N–H and O–H groups in total. The van der Waals surface area contributed by atoms with E-state index < -0.39 is 97.5 Å². The standard InChI is InChI=1S/C90H176O17P2/c1-6-10-13-16-19-22-25-28-30-32-34-35-36-38-40-46-51-56-61-66-71-76-90(95)107-86(80-101-88(93)74-69-64-59-54-49-44-42-41-43-47-52-57-62-67-72-83(5)9-4)82-105-109(98,99)103-78-84(91)77-102-108(96,97)104-81-85(79-100-87(92)73-68-63-58-53-48-27-24-21-18-15-12-8-3)106-89(94)75-70-65-60-55-50-45-39-37-33-31-29-26-23-20-17-14-11-7-2/h83-86,91H,6-82H2,1-5H3,(H,96,97)(H,98,99)/t83?,84-,85+,86+/m0/s1. The normalized spacial score (nSPS) is 13.9. The van der Waals surface area contributed by atoms with E-state index in [4.69, 9.17) is 37.0 Å². The Morgan fingerprint density at radius 3 is 0.651 bits per heavy atom. The van der Waals surface area contributed by atoms with Crippen LogP contribution in [0.15, 0.2) is 0 Å². The third-order valence-electron chi connectivity index (χ3n) is 21.6. The van der Waals surface area contributed by atoms with E-state index in [9.17, 15) is 43.2 Å². The third-order valence-corrected chi connectivity index (χ3v) is 23.5. The Morgan fingerprint density at radius 2 is 0.440 bits per heavy atom. The SMILES string of the molecule is CCCCCCCCCCCCCCCCCCCCCCCC(=O)O[C@H](COC(=O)CCCCCCCCCCCCCCCCC(C)CC)COP(=O)(O)OC[C@@H](O)COP(=O)(O)OC[C@@H](COC(=O)CCCCCCCCCCCCCC)OC(=O)CCCCCCCCCCCCCCCCCCCC. The number of aliphatic hydroxyl groups excluding tert-OH is 1. The second-order valence-electron chi connectivity index (χ2n) is 32.6. The molecule has 0 aromatic heterocycles. The van der Waals surface area contributed by atoms with E-state index in [0.29, 0.717) is 25.7 Å². The predicted octanol–water partition coefficient (Wildman–Crippen LogP) is 27.9. The van der Waals surface area contributed by atoms with Crippen LogP contribution in [0.1, 0.15) is 490 Å². The fourth-order valence-corrected chi connectivity index (χ4v) is 15.7. The molecule has 0 heterocycles. The first kappa shape index (κ1) is 107. The van der Waals surface area contributed by atoms with Gasteiger partial charge in [0.1, 0.15) is 19.3 Å². The molecule has 0 amide bonds. The van der Waals surface area contributed by atoms with Crippen molar-refractivity contribution in [1.82, 2.24) is 0 Å². The van der Waals surface area contributed by atoms with Crippen molar-refractivity contribution in [2.45, 2.75) is 509 Å². The Labute approximate surface area is 670 Å². The van der Waals surface area contributed by atoms with Crippen molar-refractivity contribution in [3.8, 4) is 0 Å². The number of rotatable bonds is 90. The van der Waals surface area contributed by atoms with Gasteiger partial charge in [0.05, 0.1) is 26.4 Å². The number of carbonyl (C=O) groups is 4. The topological polar surface area (TPSA) is 237 Å². The quantitative estimate of drug-likeness (QED) is 0.0222. The highest BCUT2D eigenvalue weighted by atomic mass is 31.2. The Hall–Kier alpha value is -1.94. The smallest absolute Gasteiger partial charge is 0.462 e. The van der Waals surface area contributed by atoms with Gasteiger partial charge in [-0.25, -0.2) is 9.13 Å². The second-order valence-corrected chi connectivity index (χ2v) is 35.5. The number of esters is 4. The number of hydrogen-bond acceptors (Lipinski definition) is 15. The highest BCUT2D eigenvalue weighted by molar-refractivity contribution is 7.47. The highest BCUT2D eigenvalue weighted by Crippen LogP contribution is 2.45. The molecule has 0 radical (unpaired) electrons. The molecule has 0 saturated carbocycles. The van der Waals surface area contributed by atoms with Crippen molar-refractivity contribution in [2.24, 2.45) is 5.92 Å². The number of unbranched alkanes of at least 4 members (excludes halogenated alkanes) is 61. The monoisotopic (exact) mass is 1590 g/mol. The Balaban J connectivity index is 5.25. The average Bonchev–Trinajstić information content (AvgIpc) is 0.905. The van der Waals surface area contributed by atoms with Crippen molar-refractivity contribution in [2.75, 3.05) is 39.6 Å². The number of carbonyl (C=O) groups excluding carboxylic acids is 4. The molecular formula is C90H176O17P2. The molecule has 3 unspecified atom stereocenters. The molecule has 19 heteroatoms. The minimum Gasteiger partial charge on any atom is -0.462 e. The van der Waals surface area contributed by atoms with Gasteiger partial charge in [-0.3, -0.25) is 37.3 Å². The summed E-state index contributed by atoms with van der Waals surface area (Å²) in [5.74, 6) is -1.24. The van der Waals surface area contributed by atoms with Crippen LogP contribution in [0, 0.1) is 5.92 Å². The number of aliphatic hydroxyl groups is 1. The lowest BCUT2D eigenvalue weighted by Gasteiger charge is -2.21. The summed E-state index contributed by atoms with van der Waals surface area (Å²) in [4.78, 5) is 73.4. The van der Waals surface area contributed by atoms with E-state index in [2.05, 4.69) is 34.6 Å². The first-order valence-corrected chi connectivity index (χ1v) is 49.7. The molecule has 109 heavy (non-hydrogen) atoms. The van der Waals surface area contributed by atoms with Crippen molar-refractivity contribution in [1.29, 1.82) is 0 Å². The minimum absolute atomic E-state index is 0.109. The molecule has 0 aromatic rings. The summed E-state index contributed by atoms with van der Waals surface area (Å²) in [6.07, 6.45) is 77.7. The molecule has 6 atom stereocenters. The van der Waals surface area contributed by atoms with Gasteiger partial charge in [-0.05, 0) is 31.6 Å². The Kier molecular flexibility index (Phi) is 81.1. The molecule has 0 bridgehead atoms. The van der Waals surface area contributed by atoms with Crippen molar-refractivity contribution in [3.05, 3.63) is 0 Å². The predicted molar refractivity (Wildman–Crippen MR) is 451 cm³/mol. The molecule has 0 aromatic carbocycles. The first-order valence-electron chi connectivity index (χ1n) is 46.7. The Morgan fingerprint density at radius 1 is 0.257 bits per heavy atom. The van der Waals surface area contributed by atoms with Crippen LogP contribution in [-0.2, 0) is 65.4 Å². The van der Waals surface area contributed by atoms with E-state index in [0.717, 1.165) is 95.8 Å². The van der Waals surface area contributed by atoms with E-state index in [-0.39, 0.29) is 25.7 Å². The van der Waals surface area contributed by atoms with E-state index in [1.54, 1.807) is 0 Å². The van der Waals surface area contributed by atoms with Crippen LogP contribution in [-0.4, -0.2) is 96.7 Å². The van der Waals surface area contributed by atoms with Crippen LogP contribution in [0.2, 0.25) is 0 Å². The van der Waals surface area contributed by atoms with Crippen LogP contribution in [0.5, 0.6) is 0 Å². The van der Waals surface area contributed by atoms with Gasteiger partial charge in [-0.2, -0.15) is 0 Å². The number of hydrogen-bond donors (Lipinski definition) is 3. The van der Waals surface area contributed by atoms with Crippen LogP contribution in [0.4, 0.5) is 0 Å². The van der Waals surface area contributed by atoms with Crippen molar-refractivity contribution < 1.29 is 80.2 Å². The summed E-state index contributed by atoms with van der Waals surface area (Å²) in [7, 11) is -9.93. The molecule has 0 aliphatic heterocycles. The molecule has 0 rings (SSSR count). The van der Waals surface area contributed by atoms with Crippen LogP contribution < -0.4 is 0 Å². The molecule has 17 nitrogen and oxygen atoms in total. The van der Waals surface area contributed by atoms with Crippen LogP contribution >= 0.6 is 15.6 Å². The summed E-state index contributed by atoms with van der Waals surface area (Å²) in [6, 6.07) is 0. The largest absolute Gasteiger partial charge is 0.472 e. The van der Waals surface area contributed by atoms with Crippen molar-refractivity contribution in [3.63, 3.8) is 0 Å². The van der Waals surface area contributed by atoms with Gasteiger partial charge in [-0.15, -0.1) is 0 Å². The number of ether oxygens (including phenoxy) is 4. The molecule has 648 valence electrons. The molecule has 0 saturated heterocycles. The van der Waals surface area contributed by atoms with Crippen LogP contribution in [0.3, 0.4) is 0 Å². The summed E-state index contributed by atoms with van der Waals surface area (Å²) in [5, 5.41) is 10.7. The highest BCUT2D eigenvalue weighted by Gasteiger charge is 2.31. The maximum Gasteiger partial charge on any atom is 0.472 e. The minimum atomic E-state index is -4.97. The maximum atomic E-state index is 13.2. The van der Waals surface area contributed by atoms with Gasteiger partial charge in [0.15, 0.2) is 12.2 Å². The fourth-order valence-electron chi connectivity index (χ4n) is 14.1. The van der Waals surface area contributed by atoms with Gasteiger partial charge in [0.2, 0.25) is 0 Å². The summed E-state index contributed by atoms with van der Waals surface area (Å²) >= 11 is 0. The Bertz CT molecular complexity index is 2070. The number of phosphoric acid groups is 2. The van der Waals surface area contributed by atoms with Crippen LogP contribution in [0.25, 0.3) is 0 Å². The second kappa shape index (κ2) is 82.6. The van der Waals surface area contributed by atoms with E-state index >= 15 is 0 Å². The first-order chi connectivity index (χ1) is 53.1. The zero-order valence-electron chi connectivity index (χ0n) is 71.7. The van der Waals surface area contributed by atoms with Gasteiger partial charge < -0.3 is 33.8 Å². The fraction of sp³-hybridized carbons (Fsp3) is 0.956. The molecule has 0 aliphatic carbocycles. The molecule has 0 spiro atoms. The summed E-state index contributed by atoms with van der Waals surface area (Å²) in [6.45, 7) is 7.45. The van der Waals surface area contributed by atoms with Gasteiger partial charge in [0.25, 0.3) is 0 Å². The third kappa shape index (κ3) is 82.4. The molecule has 0 aliphatic rings. The summed E-state index contributed by atoms with van der Waals surface area (Å²) in [5.41, 5.74) is 0. The van der Waals surface area contributed by atoms with E-state index in [1.165, 1.54) is 315 Å². The molecular weight excluding hydrogens is 1410 g/mol.